The monoisotopic (exact) mass is 576 g/mol. The van der Waals surface area contributed by atoms with Crippen LogP contribution in [0.15, 0.2) is 109 Å². The predicted molar refractivity (Wildman–Crippen MR) is 192 cm³/mol. The van der Waals surface area contributed by atoms with Gasteiger partial charge >= 0.3 is 6.85 Å². The summed E-state index contributed by atoms with van der Waals surface area (Å²) in [6.45, 7) is 11.5. The zero-order valence-corrected chi connectivity index (χ0v) is 26.4. The van der Waals surface area contributed by atoms with E-state index < -0.39 is 0 Å². The minimum atomic E-state index is -0.0759. The zero-order valence-electron chi connectivity index (χ0n) is 26.4. The Morgan fingerprint density at radius 3 is 2.24 bits per heavy atom. The van der Waals surface area contributed by atoms with Crippen molar-refractivity contribution in [3.63, 3.8) is 0 Å². The number of rotatable bonds is 1. The standard InChI is InChI=1S/C42H33BN2/c1-24-14-17-27(18-15-24)45-40-28(19-20-33-38(40)29-10-6-8-12-32(29)42(33,4)5)31-23-26(3)37-30-11-7-9-13-35(30)44-36-21-16-25(2)22-34(36)43(45)39(31)41(37)44/h6-23H,1-5H3. The normalized spacial score (nSPS) is 14.9. The third-order valence-electron chi connectivity index (χ3n) is 11.0. The Balaban J connectivity index is 1.45. The molecule has 0 fully saturated rings. The van der Waals surface area contributed by atoms with Crippen LogP contribution in [0.4, 0.5) is 11.4 Å². The molecule has 3 heterocycles. The third kappa shape index (κ3) is 3.02. The van der Waals surface area contributed by atoms with Crippen molar-refractivity contribution in [3.05, 3.63) is 137 Å². The smallest absolute Gasteiger partial charge is 0.333 e. The molecule has 10 rings (SSSR count). The number of aryl methyl sites for hydroxylation is 3. The van der Waals surface area contributed by atoms with Crippen LogP contribution in [0.25, 0.3) is 49.7 Å². The molecule has 2 nitrogen and oxygen atoms in total. The molecule has 3 aliphatic rings. The Labute approximate surface area is 264 Å². The van der Waals surface area contributed by atoms with Crippen LogP contribution in [0.3, 0.4) is 0 Å². The molecule has 7 aromatic rings. The molecule has 0 unspecified atom stereocenters. The summed E-state index contributed by atoms with van der Waals surface area (Å²) >= 11 is 0. The van der Waals surface area contributed by atoms with Crippen molar-refractivity contribution >= 4 is 51.0 Å². The molecular weight excluding hydrogens is 543 g/mol. The first-order valence-corrected chi connectivity index (χ1v) is 16.2. The highest BCUT2D eigenvalue weighted by molar-refractivity contribution is 6.94. The van der Waals surface area contributed by atoms with Crippen LogP contribution >= 0.6 is 0 Å². The van der Waals surface area contributed by atoms with Gasteiger partial charge in [0, 0.05) is 44.4 Å². The molecule has 0 N–H and O–H groups in total. The van der Waals surface area contributed by atoms with Gasteiger partial charge in [-0.15, -0.1) is 0 Å². The van der Waals surface area contributed by atoms with Gasteiger partial charge in [-0.05, 0) is 83.8 Å². The number of fused-ring (bicyclic) bond motifs is 12. The second kappa shape index (κ2) is 8.37. The number of nitrogens with zero attached hydrogens (tertiary/aromatic N) is 2. The lowest BCUT2D eigenvalue weighted by Crippen LogP contribution is -2.60. The van der Waals surface area contributed by atoms with Gasteiger partial charge < -0.3 is 9.38 Å². The maximum absolute atomic E-state index is 2.70. The fourth-order valence-electron chi connectivity index (χ4n) is 9.01. The molecule has 0 bridgehead atoms. The molecule has 2 aliphatic heterocycles. The van der Waals surface area contributed by atoms with Crippen molar-refractivity contribution in [2.45, 2.75) is 40.0 Å². The molecule has 0 saturated heterocycles. The number of hydrogen-bond acceptors (Lipinski definition) is 1. The van der Waals surface area contributed by atoms with E-state index in [2.05, 4.69) is 153 Å². The highest BCUT2D eigenvalue weighted by atomic mass is 15.1. The van der Waals surface area contributed by atoms with Crippen LogP contribution in [0, 0.1) is 20.8 Å². The molecule has 0 amide bonds. The van der Waals surface area contributed by atoms with Gasteiger partial charge in [0.25, 0.3) is 0 Å². The average Bonchev–Trinajstić information content (AvgIpc) is 3.51. The fourth-order valence-corrected chi connectivity index (χ4v) is 9.01. The molecule has 0 radical (unpaired) electrons. The third-order valence-corrected chi connectivity index (χ3v) is 11.0. The van der Waals surface area contributed by atoms with Gasteiger partial charge in [-0.25, -0.2) is 0 Å². The van der Waals surface area contributed by atoms with Crippen molar-refractivity contribution in [2.24, 2.45) is 0 Å². The summed E-state index contributed by atoms with van der Waals surface area (Å²) in [7, 11) is 0. The Morgan fingerprint density at radius 1 is 0.644 bits per heavy atom. The molecule has 3 heteroatoms. The molecule has 1 aliphatic carbocycles. The lowest BCUT2D eigenvalue weighted by Gasteiger charge is -2.43. The number of anilines is 2. The number of para-hydroxylation sites is 1. The molecule has 6 aromatic carbocycles. The minimum Gasteiger partial charge on any atom is -0.376 e. The summed E-state index contributed by atoms with van der Waals surface area (Å²) in [5, 5.41) is 2.71. The van der Waals surface area contributed by atoms with E-state index in [4.69, 9.17) is 0 Å². The first-order valence-electron chi connectivity index (χ1n) is 16.2. The van der Waals surface area contributed by atoms with Crippen molar-refractivity contribution in [1.29, 1.82) is 0 Å². The highest BCUT2D eigenvalue weighted by Crippen LogP contribution is 2.57. The summed E-state index contributed by atoms with van der Waals surface area (Å²) in [4.78, 5) is 2.70. The molecule has 45 heavy (non-hydrogen) atoms. The molecule has 1 aromatic heterocycles. The molecule has 0 spiro atoms. The first-order chi connectivity index (χ1) is 21.8. The summed E-state index contributed by atoms with van der Waals surface area (Å²) in [6, 6.07) is 41.7. The van der Waals surface area contributed by atoms with E-state index in [9.17, 15) is 0 Å². The minimum absolute atomic E-state index is 0.0346. The molecular formula is C42H33BN2. The average molecular weight is 577 g/mol. The van der Waals surface area contributed by atoms with E-state index in [0.717, 1.165) is 0 Å². The van der Waals surface area contributed by atoms with Crippen LogP contribution in [0.5, 0.6) is 0 Å². The van der Waals surface area contributed by atoms with Gasteiger partial charge in [0.05, 0.1) is 11.0 Å². The second-order valence-electron chi connectivity index (χ2n) is 14.0. The maximum atomic E-state index is 2.70. The van der Waals surface area contributed by atoms with Gasteiger partial charge in [0.15, 0.2) is 0 Å². The van der Waals surface area contributed by atoms with Crippen molar-refractivity contribution in [3.8, 4) is 27.9 Å². The Morgan fingerprint density at radius 2 is 1.40 bits per heavy atom. The highest BCUT2D eigenvalue weighted by Gasteiger charge is 2.47. The van der Waals surface area contributed by atoms with Crippen molar-refractivity contribution in [2.75, 3.05) is 4.81 Å². The fraction of sp³-hybridized carbons (Fsp3) is 0.143. The van der Waals surface area contributed by atoms with Crippen LogP contribution in [0.1, 0.15) is 41.7 Å². The lowest BCUT2D eigenvalue weighted by atomic mass is 9.43. The van der Waals surface area contributed by atoms with Crippen LogP contribution < -0.4 is 15.7 Å². The summed E-state index contributed by atoms with van der Waals surface area (Å²) in [6.07, 6.45) is 0. The van der Waals surface area contributed by atoms with E-state index in [1.807, 2.05) is 0 Å². The topological polar surface area (TPSA) is 8.17 Å². The van der Waals surface area contributed by atoms with E-state index >= 15 is 0 Å². The van der Waals surface area contributed by atoms with Gasteiger partial charge in [-0.3, -0.25) is 0 Å². The number of hydrogen-bond donors (Lipinski definition) is 0. The van der Waals surface area contributed by atoms with Gasteiger partial charge in [0.1, 0.15) is 0 Å². The largest absolute Gasteiger partial charge is 0.376 e. The van der Waals surface area contributed by atoms with Crippen molar-refractivity contribution in [1.82, 2.24) is 4.57 Å². The SMILES string of the molecule is Cc1ccc(N2B3c4cc(C)ccc4-n4c5ccccc5c5c(C)cc(c3c54)-c3ccc4c(c32)-c2ccccc2C4(C)C)cc1. The number of aromatic nitrogens is 1. The Bertz CT molecular complexity index is 2440. The van der Waals surface area contributed by atoms with Gasteiger partial charge in [-0.2, -0.15) is 0 Å². The molecule has 214 valence electrons. The maximum Gasteiger partial charge on any atom is 0.333 e. The molecule has 0 saturated carbocycles. The van der Waals surface area contributed by atoms with E-state index in [1.54, 1.807) is 0 Å². The summed E-state index contributed by atoms with van der Waals surface area (Å²) in [5.74, 6) is 0. The van der Waals surface area contributed by atoms with Crippen LogP contribution in [-0.4, -0.2) is 11.4 Å². The summed E-state index contributed by atoms with van der Waals surface area (Å²) < 4.78 is 2.56. The first kappa shape index (κ1) is 25.3. The van der Waals surface area contributed by atoms with Gasteiger partial charge in [-0.1, -0.05) is 110 Å². The molecule has 0 atom stereocenters. The Hall–Kier alpha value is -5.02. The van der Waals surface area contributed by atoms with Gasteiger partial charge in [0.2, 0.25) is 0 Å². The second-order valence-corrected chi connectivity index (χ2v) is 14.0. The van der Waals surface area contributed by atoms with E-state index in [-0.39, 0.29) is 12.3 Å². The lowest BCUT2D eigenvalue weighted by molar-refractivity contribution is 0.660. The van der Waals surface area contributed by atoms with E-state index in [1.165, 1.54) is 99.9 Å². The quantitative estimate of drug-likeness (QED) is 0.177. The Kier molecular flexibility index (Phi) is 4.71. The van der Waals surface area contributed by atoms with E-state index in [0.29, 0.717) is 0 Å². The predicted octanol–water partition coefficient (Wildman–Crippen LogP) is 9.25. The van der Waals surface area contributed by atoms with Crippen LogP contribution in [-0.2, 0) is 5.41 Å². The summed E-state index contributed by atoms with van der Waals surface area (Å²) in [5.41, 5.74) is 21.4. The van der Waals surface area contributed by atoms with Crippen molar-refractivity contribution < 1.29 is 0 Å². The zero-order chi connectivity index (χ0) is 30.4. The van der Waals surface area contributed by atoms with Crippen LogP contribution in [0.2, 0.25) is 0 Å². The number of benzene rings is 6.